The quantitative estimate of drug-likeness (QED) is 0.275. The minimum Gasteiger partial charge on any atom is -0.455 e. The van der Waals surface area contributed by atoms with Gasteiger partial charge in [0, 0.05) is 0 Å². The van der Waals surface area contributed by atoms with Crippen LogP contribution in [0.4, 0.5) is 0 Å². The molecule has 8 N–H and O–H groups in total. The van der Waals surface area contributed by atoms with E-state index in [1.165, 1.54) is 0 Å². The van der Waals surface area contributed by atoms with Crippen molar-refractivity contribution in [2.45, 2.75) is 24.4 Å². The molecule has 0 saturated carbocycles. The fourth-order valence-electron chi connectivity index (χ4n) is 1.37. The molecule has 1 aliphatic heterocycles. The molecule has 88 valence electrons. The van der Waals surface area contributed by atoms with Gasteiger partial charge in [-0.2, -0.15) is 0 Å². The molecule has 0 amide bonds. The first-order chi connectivity index (χ1) is 7.15. The highest BCUT2D eigenvalue weighted by Crippen LogP contribution is 2.20. The van der Waals surface area contributed by atoms with Crippen LogP contribution in [0.25, 0.3) is 0 Å². The van der Waals surface area contributed by atoms with Crippen LogP contribution in [0.5, 0.6) is 0 Å². The van der Waals surface area contributed by atoms with Crippen LogP contribution < -0.4 is 23.4 Å². The second-order valence-corrected chi connectivity index (χ2v) is 3.04. The summed E-state index contributed by atoms with van der Waals surface area (Å²) in [6.07, 6.45) is -2.48. The van der Waals surface area contributed by atoms with Gasteiger partial charge in [0.05, 0.1) is 6.61 Å². The van der Waals surface area contributed by atoms with Crippen LogP contribution in [0.2, 0.25) is 0 Å². The summed E-state index contributed by atoms with van der Waals surface area (Å²) in [7, 11) is 0. The number of rotatable bonds is 5. The zero-order chi connectivity index (χ0) is 11.4. The lowest BCUT2D eigenvalue weighted by Gasteiger charge is -2.23. The zero-order valence-electron chi connectivity index (χ0n) is 7.87. The minimum absolute atomic E-state index is 0.0823. The number of carbonyl (C=O) groups is 1. The average Bonchev–Trinajstić information content (AvgIpc) is 2.51. The molecule has 1 saturated heterocycles. The first-order valence-electron chi connectivity index (χ1n) is 4.14. The highest BCUT2D eigenvalue weighted by atomic mass is 16.7. The number of hydrogen-bond acceptors (Lipinski definition) is 9. The van der Waals surface area contributed by atoms with Crippen LogP contribution in [0, 0.1) is 0 Å². The van der Waals surface area contributed by atoms with Gasteiger partial charge in [0.15, 0.2) is 6.10 Å². The third-order valence-corrected chi connectivity index (χ3v) is 2.16. The number of esters is 1. The van der Waals surface area contributed by atoms with Gasteiger partial charge in [-0.3, -0.25) is 14.5 Å². The van der Waals surface area contributed by atoms with Crippen molar-refractivity contribution in [2.24, 2.45) is 23.4 Å². The van der Waals surface area contributed by atoms with Crippen molar-refractivity contribution < 1.29 is 24.0 Å². The first-order valence-corrected chi connectivity index (χ1v) is 4.14. The highest BCUT2D eigenvalue weighted by Gasteiger charge is 2.48. The molecule has 0 aliphatic carbocycles. The van der Waals surface area contributed by atoms with Gasteiger partial charge in [-0.1, -0.05) is 0 Å². The molecule has 0 aromatic carbocycles. The van der Waals surface area contributed by atoms with E-state index in [2.05, 4.69) is 14.5 Å². The molecule has 0 aromatic rings. The summed E-state index contributed by atoms with van der Waals surface area (Å²) >= 11 is 0. The summed E-state index contributed by atoms with van der Waals surface area (Å²) in [5.74, 6) is 14.2. The molecule has 1 heterocycles. The van der Waals surface area contributed by atoms with Gasteiger partial charge in [-0.15, -0.1) is 0 Å². The SMILES string of the molecule is NOC[C@@H](ON)C1OC(=O)[C@@H](N)[C@H]1ON. The largest absolute Gasteiger partial charge is 0.455 e. The third-order valence-electron chi connectivity index (χ3n) is 2.16. The monoisotopic (exact) mass is 222 g/mol. The molecule has 0 aromatic heterocycles. The van der Waals surface area contributed by atoms with Crippen LogP contribution in [0.3, 0.4) is 0 Å². The maximum absolute atomic E-state index is 11.1. The molecule has 0 spiro atoms. The highest BCUT2D eigenvalue weighted by molar-refractivity contribution is 5.79. The predicted octanol–water partition coefficient (Wildman–Crippen LogP) is -3.35. The Labute approximate surface area is 85.4 Å². The molecule has 1 rings (SSSR count). The Morgan fingerprint density at radius 3 is 2.53 bits per heavy atom. The van der Waals surface area contributed by atoms with E-state index in [-0.39, 0.29) is 6.61 Å². The van der Waals surface area contributed by atoms with E-state index in [4.69, 9.17) is 28.2 Å². The molecule has 4 atom stereocenters. The van der Waals surface area contributed by atoms with Crippen molar-refractivity contribution in [3.63, 3.8) is 0 Å². The van der Waals surface area contributed by atoms with Crippen LogP contribution in [-0.2, 0) is 24.0 Å². The van der Waals surface area contributed by atoms with Crippen molar-refractivity contribution in [3.8, 4) is 0 Å². The lowest BCUT2D eigenvalue weighted by atomic mass is 10.1. The normalized spacial score (nSPS) is 32.8. The molecule has 9 nitrogen and oxygen atoms in total. The summed E-state index contributed by atoms with van der Waals surface area (Å²) in [6.45, 7) is -0.0823. The van der Waals surface area contributed by atoms with Gasteiger partial charge >= 0.3 is 5.97 Å². The second-order valence-electron chi connectivity index (χ2n) is 3.04. The number of carbonyl (C=O) groups excluding carboxylic acids is 1. The lowest BCUT2D eigenvalue weighted by molar-refractivity contribution is -0.156. The Kier molecular flexibility index (Phi) is 4.35. The lowest BCUT2D eigenvalue weighted by Crippen LogP contribution is -2.48. The van der Waals surface area contributed by atoms with Gasteiger partial charge in [0.25, 0.3) is 0 Å². The van der Waals surface area contributed by atoms with Crippen molar-refractivity contribution in [3.05, 3.63) is 0 Å². The molecule has 1 unspecified atom stereocenters. The number of ether oxygens (including phenoxy) is 1. The zero-order valence-corrected chi connectivity index (χ0v) is 7.87. The third kappa shape index (κ3) is 2.41. The summed E-state index contributed by atoms with van der Waals surface area (Å²) < 4.78 is 4.87. The number of hydrogen-bond donors (Lipinski definition) is 4. The molecule has 1 aliphatic rings. The average molecular weight is 222 g/mol. The molecular formula is C6H14N4O5. The van der Waals surface area contributed by atoms with E-state index in [0.717, 1.165) is 0 Å². The smallest absolute Gasteiger partial charge is 0.326 e. The van der Waals surface area contributed by atoms with E-state index in [9.17, 15) is 4.79 Å². The molecule has 0 radical (unpaired) electrons. The molecule has 1 fully saturated rings. The van der Waals surface area contributed by atoms with E-state index >= 15 is 0 Å². The summed E-state index contributed by atoms with van der Waals surface area (Å²) in [6, 6.07) is -0.976. The van der Waals surface area contributed by atoms with Gasteiger partial charge in [0.1, 0.15) is 18.2 Å². The Bertz CT molecular complexity index is 228. The van der Waals surface area contributed by atoms with Gasteiger partial charge in [-0.25, -0.2) is 17.7 Å². The first kappa shape index (κ1) is 12.3. The fraction of sp³-hybridized carbons (Fsp3) is 0.833. The fourth-order valence-corrected chi connectivity index (χ4v) is 1.37. The number of cyclic esters (lactones) is 1. The van der Waals surface area contributed by atoms with Gasteiger partial charge < -0.3 is 15.3 Å². The van der Waals surface area contributed by atoms with E-state index in [0.29, 0.717) is 0 Å². The predicted molar refractivity (Wildman–Crippen MR) is 46.1 cm³/mol. The molecule has 0 bridgehead atoms. The Balaban J connectivity index is 2.70. The Morgan fingerprint density at radius 2 is 2.07 bits per heavy atom. The Morgan fingerprint density at radius 1 is 1.40 bits per heavy atom. The number of nitrogens with two attached hydrogens (primary N) is 4. The molecule has 15 heavy (non-hydrogen) atoms. The van der Waals surface area contributed by atoms with Crippen molar-refractivity contribution >= 4 is 5.97 Å². The summed E-state index contributed by atoms with van der Waals surface area (Å²) in [5.41, 5.74) is 5.46. The molecule has 9 heteroatoms. The van der Waals surface area contributed by atoms with E-state index < -0.39 is 30.3 Å². The maximum Gasteiger partial charge on any atom is 0.326 e. The minimum atomic E-state index is -0.976. The van der Waals surface area contributed by atoms with Crippen LogP contribution in [0.1, 0.15) is 0 Å². The van der Waals surface area contributed by atoms with Crippen LogP contribution in [0.15, 0.2) is 0 Å². The van der Waals surface area contributed by atoms with Crippen LogP contribution >= 0.6 is 0 Å². The van der Waals surface area contributed by atoms with Crippen molar-refractivity contribution in [1.82, 2.24) is 0 Å². The van der Waals surface area contributed by atoms with Crippen molar-refractivity contribution in [1.29, 1.82) is 0 Å². The van der Waals surface area contributed by atoms with E-state index in [1.807, 2.05) is 0 Å². The standard InChI is InChI=1S/C6H14N4O5/c7-3-5(15-10)4(13-6(3)11)2(14-9)1-12-8/h2-5H,1,7-10H2/t2-,3+,4?,5-/m1/s1. The molecular weight excluding hydrogens is 208 g/mol. The van der Waals surface area contributed by atoms with Crippen LogP contribution in [-0.4, -0.2) is 36.9 Å². The maximum atomic E-state index is 11.1. The van der Waals surface area contributed by atoms with Gasteiger partial charge in [-0.05, 0) is 0 Å². The topological polar surface area (TPSA) is 158 Å². The Hall–Kier alpha value is -0.810. The van der Waals surface area contributed by atoms with Crippen molar-refractivity contribution in [2.75, 3.05) is 6.61 Å². The van der Waals surface area contributed by atoms with E-state index in [1.54, 1.807) is 0 Å². The summed E-state index contributed by atoms with van der Waals surface area (Å²) in [4.78, 5) is 24.5. The van der Waals surface area contributed by atoms with Gasteiger partial charge in [0.2, 0.25) is 0 Å². The summed E-state index contributed by atoms with van der Waals surface area (Å²) in [5, 5.41) is 0. The second kappa shape index (κ2) is 5.32.